The Morgan fingerprint density at radius 2 is 1.60 bits per heavy atom. The predicted octanol–water partition coefficient (Wildman–Crippen LogP) is -0.618. The molecule has 0 aromatic rings. The molecule has 0 aliphatic carbocycles. The number of carbonyl (C=O) groups is 2. The van der Waals surface area contributed by atoms with E-state index in [9.17, 15) is 9.59 Å². The smallest absolute Gasteiger partial charge is 0.321 e. The molecule has 0 unspecified atom stereocenters. The first-order valence-corrected chi connectivity index (χ1v) is 4.94. The summed E-state index contributed by atoms with van der Waals surface area (Å²) in [6.07, 6.45) is 0. The second-order valence-corrected chi connectivity index (χ2v) is 3.60. The van der Waals surface area contributed by atoms with Crippen LogP contribution in [0.15, 0.2) is 0 Å². The number of carboxylic acids is 2. The van der Waals surface area contributed by atoms with Crippen molar-refractivity contribution >= 4 is 24.6 Å². The number of hydrogen-bond acceptors (Lipinski definition) is 5. The molecule has 0 aromatic carbocycles. The van der Waals surface area contributed by atoms with Crippen LogP contribution in [0.3, 0.4) is 0 Å². The molecule has 0 rings (SSSR count). The van der Waals surface area contributed by atoms with Crippen LogP contribution in [0.2, 0.25) is 0 Å². The zero-order chi connectivity index (χ0) is 12.6. The van der Waals surface area contributed by atoms with Crippen molar-refractivity contribution in [3.8, 4) is 0 Å². The average molecular weight is 238 g/mol. The van der Waals surface area contributed by atoms with Crippen molar-refractivity contribution in [1.82, 2.24) is 0 Å². The molecule has 0 amide bonds. The maximum Gasteiger partial charge on any atom is 0.321 e. The van der Waals surface area contributed by atoms with Gasteiger partial charge < -0.3 is 21.7 Å². The normalized spacial score (nSPS) is 13.7. The summed E-state index contributed by atoms with van der Waals surface area (Å²) in [6, 6.07) is -1.53. The molecule has 0 aromatic heterocycles. The van der Waals surface area contributed by atoms with Crippen LogP contribution in [0.1, 0.15) is 13.8 Å². The van der Waals surface area contributed by atoms with Crippen molar-refractivity contribution in [3.63, 3.8) is 0 Å². The van der Waals surface area contributed by atoms with Gasteiger partial charge in [-0.2, -0.15) is 12.6 Å². The molecule has 0 saturated carbocycles. The molecule has 0 aliphatic heterocycles. The summed E-state index contributed by atoms with van der Waals surface area (Å²) < 4.78 is 0. The van der Waals surface area contributed by atoms with Gasteiger partial charge in [-0.3, -0.25) is 9.59 Å². The highest BCUT2D eigenvalue weighted by Gasteiger charge is 2.14. The molecule has 0 fully saturated rings. The summed E-state index contributed by atoms with van der Waals surface area (Å²) in [6.45, 7) is 3.55. The van der Waals surface area contributed by atoms with E-state index in [2.05, 4.69) is 12.6 Å². The maximum absolute atomic E-state index is 10.0. The van der Waals surface area contributed by atoms with Crippen LogP contribution in [0, 0.1) is 5.92 Å². The van der Waals surface area contributed by atoms with Gasteiger partial charge in [-0.15, -0.1) is 0 Å². The van der Waals surface area contributed by atoms with Crippen LogP contribution in [-0.2, 0) is 9.59 Å². The van der Waals surface area contributed by atoms with Gasteiger partial charge in [0.15, 0.2) is 0 Å². The molecule has 0 spiro atoms. The maximum atomic E-state index is 10.0. The Labute approximate surface area is 94.0 Å². The van der Waals surface area contributed by atoms with E-state index in [0.29, 0.717) is 0 Å². The third-order valence-corrected chi connectivity index (χ3v) is 1.91. The molecule has 6 N–H and O–H groups in total. The minimum absolute atomic E-state index is 0.0208. The molecular weight excluding hydrogens is 220 g/mol. The number of aliphatic carboxylic acids is 2. The summed E-state index contributed by atoms with van der Waals surface area (Å²) in [5.41, 5.74) is 10.1. The van der Waals surface area contributed by atoms with E-state index in [1.54, 1.807) is 13.8 Å². The third kappa shape index (κ3) is 9.51. The fourth-order valence-corrected chi connectivity index (χ4v) is 0.519. The average Bonchev–Trinajstić information content (AvgIpc) is 2.15. The molecule has 0 heterocycles. The number of hydrogen-bond donors (Lipinski definition) is 5. The largest absolute Gasteiger partial charge is 0.480 e. The van der Waals surface area contributed by atoms with Crippen molar-refractivity contribution in [1.29, 1.82) is 0 Å². The third-order valence-electron chi connectivity index (χ3n) is 1.52. The molecular formula is C8H18N2O4S. The van der Waals surface area contributed by atoms with E-state index >= 15 is 0 Å². The number of nitrogens with two attached hydrogens (primary N) is 2. The fourth-order valence-electron chi connectivity index (χ4n) is 0.363. The number of thiol groups is 1. The van der Waals surface area contributed by atoms with Gasteiger partial charge in [0.1, 0.15) is 12.1 Å². The monoisotopic (exact) mass is 238 g/mol. The summed E-state index contributed by atoms with van der Waals surface area (Å²) in [7, 11) is 0. The lowest BCUT2D eigenvalue weighted by molar-refractivity contribution is -0.140. The summed E-state index contributed by atoms with van der Waals surface area (Å²) in [5, 5.41) is 16.2. The topological polar surface area (TPSA) is 127 Å². The molecule has 0 radical (unpaired) electrons. The van der Waals surface area contributed by atoms with Crippen molar-refractivity contribution in [2.24, 2.45) is 17.4 Å². The van der Waals surface area contributed by atoms with Gasteiger partial charge >= 0.3 is 11.9 Å². The van der Waals surface area contributed by atoms with Crippen molar-refractivity contribution in [3.05, 3.63) is 0 Å². The van der Waals surface area contributed by atoms with Crippen molar-refractivity contribution in [2.45, 2.75) is 25.9 Å². The Morgan fingerprint density at radius 3 is 1.60 bits per heavy atom. The highest BCUT2D eigenvalue weighted by atomic mass is 32.1. The molecule has 15 heavy (non-hydrogen) atoms. The van der Waals surface area contributed by atoms with Crippen LogP contribution in [0.4, 0.5) is 0 Å². The predicted molar refractivity (Wildman–Crippen MR) is 59.9 cm³/mol. The van der Waals surface area contributed by atoms with Crippen molar-refractivity contribution < 1.29 is 19.8 Å². The second kappa shape index (κ2) is 8.51. The van der Waals surface area contributed by atoms with Crippen molar-refractivity contribution in [2.75, 3.05) is 5.75 Å². The molecule has 90 valence electrons. The minimum Gasteiger partial charge on any atom is -0.480 e. The highest BCUT2D eigenvalue weighted by molar-refractivity contribution is 7.80. The van der Waals surface area contributed by atoms with Gasteiger partial charge in [-0.25, -0.2) is 0 Å². The second-order valence-electron chi connectivity index (χ2n) is 3.24. The van der Waals surface area contributed by atoms with E-state index in [1.165, 1.54) is 0 Å². The van der Waals surface area contributed by atoms with Gasteiger partial charge in [0.05, 0.1) is 0 Å². The highest BCUT2D eigenvalue weighted by Crippen LogP contribution is 1.96. The van der Waals surface area contributed by atoms with E-state index in [-0.39, 0.29) is 11.7 Å². The standard InChI is InChI=1S/C5H11NO2.C3H7NO2S/c1-3(2)4(6)5(7)8;4-2(1-7)3(5)6/h3-4H,6H2,1-2H3,(H,7,8);2,7H,1,4H2,(H,5,6)/t4-;2-/m10/s1. The first kappa shape index (κ1) is 16.6. The van der Waals surface area contributed by atoms with Gasteiger partial charge in [-0.1, -0.05) is 13.8 Å². The van der Waals surface area contributed by atoms with E-state index in [4.69, 9.17) is 21.7 Å². The quantitative estimate of drug-likeness (QED) is 0.415. The fraction of sp³-hybridized carbons (Fsp3) is 0.750. The SMILES string of the molecule is CC(C)[C@@H](N)C(=O)O.N[C@@H](CS)C(=O)O. The van der Waals surface area contributed by atoms with Crippen LogP contribution < -0.4 is 11.5 Å². The molecule has 7 heteroatoms. The van der Waals surface area contributed by atoms with Gasteiger partial charge in [-0.05, 0) is 5.92 Å². The van der Waals surface area contributed by atoms with E-state index in [1.807, 2.05) is 0 Å². The Balaban J connectivity index is 0. The molecule has 2 atom stereocenters. The minimum atomic E-state index is -1.00. The Kier molecular flexibility index (Phi) is 9.44. The lowest BCUT2D eigenvalue weighted by atomic mass is 10.1. The Morgan fingerprint density at radius 1 is 1.20 bits per heavy atom. The van der Waals surface area contributed by atoms with Crippen LogP contribution >= 0.6 is 12.6 Å². The molecule has 6 nitrogen and oxygen atoms in total. The Hall–Kier alpha value is -0.790. The first-order chi connectivity index (χ1) is 6.73. The van der Waals surface area contributed by atoms with Crippen LogP contribution in [0.25, 0.3) is 0 Å². The zero-order valence-electron chi connectivity index (χ0n) is 8.75. The van der Waals surface area contributed by atoms with Gasteiger partial charge in [0.2, 0.25) is 0 Å². The molecule has 0 saturated heterocycles. The lowest BCUT2D eigenvalue weighted by Crippen LogP contribution is -2.34. The van der Waals surface area contributed by atoms with E-state index in [0.717, 1.165) is 0 Å². The zero-order valence-corrected chi connectivity index (χ0v) is 9.65. The molecule has 0 aliphatic rings. The Bertz CT molecular complexity index is 211. The molecule has 0 bridgehead atoms. The number of carboxylic acid groups (broad SMARTS) is 2. The van der Waals surface area contributed by atoms with Crippen LogP contribution in [-0.4, -0.2) is 40.0 Å². The lowest BCUT2D eigenvalue weighted by Gasteiger charge is -2.07. The van der Waals surface area contributed by atoms with Gasteiger partial charge in [0.25, 0.3) is 0 Å². The summed E-state index contributed by atoms with van der Waals surface area (Å²) >= 11 is 3.65. The van der Waals surface area contributed by atoms with Crippen LogP contribution in [0.5, 0.6) is 0 Å². The van der Waals surface area contributed by atoms with Gasteiger partial charge in [0, 0.05) is 5.75 Å². The summed E-state index contributed by atoms with van der Waals surface area (Å²) in [5.74, 6) is -1.72. The number of rotatable bonds is 4. The first-order valence-electron chi connectivity index (χ1n) is 4.31. The van der Waals surface area contributed by atoms with E-state index < -0.39 is 24.0 Å². The summed E-state index contributed by atoms with van der Waals surface area (Å²) in [4.78, 5) is 19.8.